The fourth-order valence-electron chi connectivity index (χ4n) is 4.28. The van der Waals surface area contributed by atoms with Crippen LogP contribution in [0.3, 0.4) is 0 Å². The number of methoxy groups -OCH3 is 1. The lowest BCUT2D eigenvalue weighted by molar-refractivity contribution is -0.137. The van der Waals surface area contributed by atoms with Gasteiger partial charge in [0.15, 0.2) is 10.1 Å². The molecule has 1 aliphatic heterocycles. The monoisotopic (exact) mass is 515 g/mol. The zero-order chi connectivity index (χ0) is 24.6. The number of allylic oxidation sites excluding steroid dienone is 3. The number of halogens is 1. The Kier molecular flexibility index (Phi) is 6.71. The number of nitriles is 1. The Bertz CT molecular complexity index is 1280. The van der Waals surface area contributed by atoms with Gasteiger partial charge in [-0.05, 0) is 23.5 Å². The Morgan fingerprint density at radius 3 is 2.79 bits per heavy atom. The molecule has 11 heteroatoms. The average molecular weight is 516 g/mol. The third-order valence-corrected chi connectivity index (χ3v) is 8.08. The summed E-state index contributed by atoms with van der Waals surface area (Å²) >= 11 is 8.94. The SMILES string of the molecule is COC(=O)CSc1nnc(N2C(N)=C(C#N)C(c3ccccc3Cl)C3=C2CC(C)(C)CC3=O)s1. The number of hydrogen-bond donors (Lipinski definition) is 1. The van der Waals surface area contributed by atoms with Crippen LogP contribution in [0.1, 0.15) is 38.2 Å². The second kappa shape index (κ2) is 9.41. The maximum Gasteiger partial charge on any atom is 0.316 e. The zero-order valence-electron chi connectivity index (χ0n) is 18.8. The molecule has 1 unspecified atom stereocenters. The predicted octanol–water partition coefficient (Wildman–Crippen LogP) is 4.40. The number of rotatable bonds is 5. The van der Waals surface area contributed by atoms with Gasteiger partial charge in [-0.1, -0.05) is 66.7 Å². The second-order valence-electron chi connectivity index (χ2n) is 8.72. The Morgan fingerprint density at radius 1 is 1.38 bits per heavy atom. The van der Waals surface area contributed by atoms with E-state index in [0.717, 1.165) is 0 Å². The number of aromatic nitrogens is 2. The van der Waals surface area contributed by atoms with Gasteiger partial charge in [-0.15, -0.1) is 10.2 Å². The molecule has 0 spiro atoms. The maximum atomic E-state index is 13.5. The van der Waals surface area contributed by atoms with Crippen LogP contribution in [0.2, 0.25) is 5.02 Å². The van der Waals surface area contributed by atoms with Crippen LogP contribution >= 0.6 is 34.7 Å². The Morgan fingerprint density at radius 2 is 2.12 bits per heavy atom. The fraction of sp³-hybridized carbons (Fsp3) is 0.348. The molecule has 176 valence electrons. The van der Waals surface area contributed by atoms with Crippen molar-refractivity contribution in [1.29, 1.82) is 5.26 Å². The van der Waals surface area contributed by atoms with E-state index >= 15 is 0 Å². The molecule has 4 rings (SSSR count). The lowest BCUT2D eigenvalue weighted by atomic mass is 9.68. The van der Waals surface area contributed by atoms with E-state index in [1.54, 1.807) is 17.0 Å². The predicted molar refractivity (Wildman–Crippen MR) is 131 cm³/mol. The Labute approximate surface area is 210 Å². The summed E-state index contributed by atoms with van der Waals surface area (Å²) in [6.07, 6.45) is 0.897. The Hall–Kier alpha value is -2.87. The van der Waals surface area contributed by atoms with Crippen molar-refractivity contribution in [2.75, 3.05) is 17.8 Å². The first kappa shape index (κ1) is 24.3. The molecule has 34 heavy (non-hydrogen) atoms. The number of carbonyl (C=O) groups is 2. The van der Waals surface area contributed by atoms with E-state index in [-0.39, 0.29) is 34.3 Å². The summed E-state index contributed by atoms with van der Waals surface area (Å²) in [4.78, 5) is 26.7. The molecular weight excluding hydrogens is 494 g/mol. The van der Waals surface area contributed by atoms with Crippen LogP contribution in [-0.4, -0.2) is 34.8 Å². The lowest BCUT2D eigenvalue weighted by Crippen LogP contribution is -2.42. The van der Waals surface area contributed by atoms with Gasteiger partial charge in [0.1, 0.15) is 5.82 Å². The van der Waals surface area contributed by atoms with Crippen molar-refractivity contribution >= 4 is 51.6 Å². The molecule has 1 aromatic heterocycles. The molecule has 8 nitrogen and oxygen atoms in total. The van der Waals surface area contributed by atoms with E-state index in [0.29, 0.717) is 44.2 Å². The number of carbonyl (C=O) groups excluding carboxylic acids is 2. The molecule has 2 aliphatic rings. The zero-order valence-corrected chi connectivity index (χ0v) is 21.2. The van der Waals surface area contributed by atoms with Crippen molar-refractivity contribution in [3.05, 3.63) is 57.5 Å². The smallest absolute Gasteiger partial charge is 0.316 e. The van der Waals surface area contributed by atoms with Gasteiger partial charge >= 0.3 is 5.97 Å². The van der Waals surface area contributed by atoms with Crippen molar-refractivity contribution in [3.8, 4) is 6.07 Å². The fourth-order valence-corrected chi connectivity index (χ4v) is 6.24. The highest BCUT2D eigenvalue weighted by molar-refractivity contribution is 8.01. The minimum Gasteiger partial charge on any atom is -0.468 e. The van der Waals surface area contributed by atoms with Crippen molar-refractivity contribution in [3.63, 3.8) is 0 Å². The molecule has 0 saturated heterocycles. The molecule has 0 saturated carbocycles. The quantitative estimate of drug-likeness (QED) is 0.456. The summed E-state index contributed by atoms with van der Waals surface area (Å²) in [5.74, 6) is -0.801. The molecule has 2 N–H and O–H groups in total. The van der Waals surface area contributed by atoms with Crippen LogP contribution < -0.4 is 10.6 Å². The number of ketones is 1. The van der Waals surface area contributed by atoms with E-state index < -0.39 is 5.92 Å². The van der Waals surface area contributed by atoms with Gasteiger partial charge in [-0.3, -0.25) is 14.5 Å². The molecule has 2 heterocycles. The van der Waals surface area contributed by atoms with Crippen molar-refractivity contribution < 1.29 is 14.3 Å². The number of Topliss-reactive ketones (excluding diaryl/α,β-unsaturated/α-hetero) is 1. The van der Waals surface area contributed by atoms with Crippen LogP contribution in [0.15, 0.2) is 51.3 Å². The summed E-state index contributed by atoms with van der Waals surface area (Å²) in [6, 6.07) is 9.40. The summed E-state index contributed by atoms with van der Waals surface area (Å²) < 4.78 is 5.22. The van der Waals surface area contributed by atoms with E-state index in [1.165, 1.54) is 30.2 Å². The van der Waals surface area contributed by atoms with Crippen molar-refractivity contribution in [2.45, 2.75) is 36.9 Å². The molecule has 0 fully saturated rings. The average Bonchev–Trinajstić information content (AvgIpc) is 3.24. The summed E-state index contributed by atoms with van der Waals surface area (Å²) in [5, 5.41) is 19.4. The van der Waals surface area contributed by atoms with Crippen LogP contribution in [0.4, 0.5) is 5.13 Å². The lowest BCUT2D eigenvalue weighted by Gasteiger charge is -2.42. The molecule has 1 aromatic carbocycles. The second-order valence-corrected chi connectivity index (χ2v) is 11.3. The number of nitrogens with zero attached hydrogens (tertiary/aromatic N) is 4. The van der Waals surface area contributed by atoms with Gasteiger partial charge in [0.05, 0.1) is 30.4 Å². The number of esters is 1. The molecule has 1 atom stereocenters. The number of benzene rings is 1. The van der Waals surface area contributed by atoms with Gasteiger partial charge in [-0.2, -0.15) is 5.26 Å². The highest BCUT2D eigenvalue weighted by atomic mass is 35.5. The minimum absolute atomic E-state index is 0.0498. The first-order valence-corrected chi connectivity index (χ1v) is 12.6. The summed E-state index contributed by atoms with van der Waals surface area (Å²) in [5.41, 5.74) is 8.39. The van der Waals surface area contributed by atoms with E-state index in [9.17, 15) is 14.9 Å². The number of nitrogens with two attached hydrogens (primary N) is 1. The van der Waals surface area contributed by atoms with Crippen LogP contribution in [0.25, 0.3) is 0 Å². The summed E-state index contributed by atoms with van der Waals surface area (Å²) in [6.45, 7) is 4.05. The first-order valence-electron chi connectivity index (χ1n) is 10.4. The van der Waals surface area contributed by atoms with Gasteiger partial charge in [-0.25, -0.2) is 0 Å². The van der Waals surface area contributed by atoms with Gasteiger partial charge in [0.2, 0.25) is 5.13 Å². The van der Waals surface area contributed by atoms with Crippen LogP contribution in [0, 0.1) is 16.7 Å². The topological polar surface area (TPSA) is 122 Å². The molecule has 0 radical (unpaired) electrons. The van der Waals surface area contributed by atoms with Gasteiger partial charge < -0.3 is 10.5 Å². The standard InChI is InChI=1S/C23H22ClN5O3S2/c1-23(2)8-15-19(16(30)9-23)18(12-6-4-5-7-14(12)24)13(10-25)20(26)29(15)21-27-28-22(34-21)33-11-17(31)32-3/h4-7,18H,8-9,11,26H2,1-3H3. The van der Waals surface area contributed by atoms with Gasteiger partial charge in [0, 0.05) is 22.7 Å². The molecule has 0 amide bonds. The number of thioether (sulfide) groups is 1. The largest absolute Gasteiger partial charge is 0.468 e. The van der Waals surface area contributed by atoms with Crippen molar-refractivity contribution in [2.24, 2.45) is 11.1 Å². The number of ether oxygens (including phenoxy) is 1. The normalized spacial score (nSPS) is 19.7. The van der Waals surface area contributed by atoms with Crippen LogP contribution in [0.5, 0.6) is 0 Å². The summed E-state index contributed by atoms with van der Waals surface area (Å²) in [7, 11) is 1.32. The maximum absolute atomic E-state index is 13.5. The first-order chi connectivity index (χ1) is 16.2. The van der Waals surface area contributed by atoms with Crippen LogP contribution in [-0.2, 0) is 14.3 Å². The minimum atomic E-state index is -0.658. The molecular formula is C23H22ClN5O3S2. The van der Waals surface area contributed by atoms with E-state index in [1.807, 2.05) is 26.0 Å². The van der Waals surface area contributed by atoms with Crippen molar-refractivity contribution in [1.82, 2.24) is 10.2 Å². The number of anilines is 1. The Balaban J connectivity index is 1.87. The highest BCUT2D eigenvalue weighted by Crippen LogP contribution is 2.51. The van der Waals surface area contributed by atoms with E-state index in [4.69, 9.17) is 17.3 Å². The molecule has 1 aliphatic carbocycles. The molecule has 2 aromatic rings. The molecule has 0 bridgehead atoms. The highest BCUT2D eigenvalue weighted by Gasteiger charge is 2.45. The number of hydrogen-bond acceptors (Lipinski definition) is 10. The van der Waals surface area contributed by atoms with E-state index in [2.05, 4.69) is 21.0 Å². The third kappa shape index (κ3) is 4.43. The van der Waals surface area contributed by atoms with Gasteiger partial charge in [0.25, 0.3) is 0 Å². The third-order valence-electron chi connectivity index (χ3n) is 5.73.